The van der Waals surface area contributed by atoms with Gasteiger partial charge in [0.15, 0.2) is 0 Å². The lowest BCUT2D eigenvalue weighted by molar-refractivity contribution is -0.130. The van der Waals surface area contributed by atoms with Crippen LogP contribution >= 0.6 is 0 Å². The second-order valence-electron chi connectivity index (χ2n) is 4.35. The van der Waals surface area contributed by atoms with Gasteiger partial charge in [-0.2, -0.15) is 0 Å². The number of carbonyl (C=O) groups excluding carboxylic acids is 2. The number of hydrogen-bond donors (Lipinski definition) is 2. The van der Waals surface area contributed by atoms with Gasteiger partial charge in [-0.25, -0.2) is 0 Å². The molecule has 92 valence electrons. The van der Waals surface area contributed by atoms with Crippen molar-refractivity contribution in [1.82, 2.24) is 10.2 Å². The lowest BCUT2D eigenvalue weighted by Crippen LogP contribution is -2.34. The Bertz CT molecular complexity index is 250. The third-order valence-corrected chi connectivity index (χ3v) is 2.91. The summed E-state index contributed by atoms with van der Waals surface area (Å²) in [4.78, 5) is 24.3. The third kappa shape index (κ3) is 4.18. The minimum Gasteiger partial charge on any atom is -0.369 e. The summed E-state index contributed by atoms with van der Waals surface area (Å²) in [5, 5.41) is 3.07. The smallest absolute Gasteiger partial charge is 0.223 e. The van der Waals surface area contributed by atoms with E-state index in [0.717, 1.165) is 25.9 Å². The quantitative estimate of drug-likeness (QED) is 0.612. The molecule has 1 heterocycles. The van der Waals surface area contributed by atoms with Crippen LogP contribution in [0.3, 0.4) is 0 Å². The molecule has 0 aromatic heterocycles. The molecule has 16 heavy (non-hydrogen) atoms. The molecule has 0 radical (unpaired) electrons. The second-order valence-corrected chi connectivity index (χ2v) is 4.35. The summed E-state index contributed by atoms with van der Waals surface area (Å²) >= 11 is 0. The number of nitrogens with zero attached hydrogens (tertiary/aromatic N) is 1. The van der Waals surface area contributed by atoms with Crippen LogP contribution in [0.5, 0.6) is 0 Å². The SMILES string of the molecule is CC(CNCCC(=O)N1CCCC1)C(N)=O. The minimum atomic E-state index is -0.307. The maximum Gasteiger partial charge on any atom is 0.223 e. The molecule has 0 saturated carbocycles. The summed E-state index contributed by atoms with van der Waals surface area (Å²) in [5.74, 6) is -0.281. The van der Waals surface area contributed by atoms with Gasteiger partial charge >= 0.3 is 0 Å². The number of nitrogens with one attached hydrogen (secondary N) is 1. The minimum absolute atomic E-state index is 0.179. The summed E-state index contributed by atoms with van der Waals surface area (Å²) in [6.07, 6.45) is 2.75. The van der Waals surface area contributed by atoms with E-state index in [-0.39, 0.29) is 17.7 Å². The van der Waals surface area contributed by atoms with Gasteiger partial charge in [0.05, 0.1) is 0 Å². The third-order valence-electron chi connectivity index (χ3n) is 2.91. The fourth-order valence-electron chi connectivity index (χ4n) is 1.74. The van der Waals surface area contributed by atoms with Crippen LogP contribution in [0.4, 0.5) is 0 Å². The molecule has 0 bridgehead atoms. The molecule has 1 saturated heterocycles. The average Bonchev–Trinajstić information content (AvgIpc) is 2.76. The van der Waals surface area contributed by atoms with Gasteiger partial charge in [-0.15, -0.1) is 0 Å². The summed E-state index contributed by atoms with van der Waals surface area (Å²) in [6.45, 7) is 4.74. The zero-order valence-corrected chi connectivity index (χ0v) is 9.87. The van der Waals surface area contributed by atoms with Crippen molar-refractivity contribution in [3.8, 4) is 0 Å². The average molecular weight is 227 g/mol. The second kappa shape index (κ2) is 6.48. The van der Waals surface area contributed by atoms with Crippen LogP contribution < -0.4 is 11.1 Å². The Morgan fingerprint density at radius 2 is 2.00 bits per heavy atom. The lowest BCUT2D eigenvalue weighted by Gasteiger charge is -2.15. The number of rotatable bonds is 6. The van der Waals surface area contributed by atoms with Gasteiger partial charge in [0.1, 0.15) is 0 Å². The molecule has 5 heteroatoms. The largest absolute Gasteiger partial charge is 0.369 e. The first-order chi connectivity index (χ1) is 7.61. The fourth-order valence-corrected chi connectivity index (χ4v) is 1.74. The normalized spacial score (nSPS) is 17.4. The van der Waals surface area contributed by atoms with Crippen LogP contribution in [0.25, 0.3) is 0 Å². The molecule has 0 spiro atoms. The Kier molecular flexibility index (Phi) is 5.25. The molecule has 0 aromatic rings. The van der Waals surface area contributed by atoms with E-state index in [0.29, 0.717) is 19.5 Å². The molecule has 0 aromatic carbocycles. The van der Waals surface area contributed by atoms with Gasteiger partial charge in [0.25, 0.3) is 0 Å². The van der Waals surface area contributed by atoms with Crippen molar-refractivity contribution < 1.29 is 9.59 Å². The van der Waals surface area contributed by atoms with E-state index >= 15 is 0 Å². The van der Waals surface area contributed by atoms with Gasteiger partial charge in [-0.1, -0.05) is 6.92 Å². The summed E-state index contributed by atoms with van der Waals surface area (Å²) in [5.41, 5.74) is 5.12. The highest BCUT2D eigenvalue weighted by Gasteiger charge is 2.17. The zero-order valence-electron chi connectivity index (χ0n) is 9.87. The van der Waals surface area contributed by atoms with Gasteiger partial charge < -0.3 is 16.0 Å². The molecule has 5 nitrogen and oxygen atoms in total. The van der Waals surface area contributed by atoms with Crippen molar-refractivity contribution in [2.24, 2.45) is 11.7 Å². The summed E-state index contributed by atoms with van der Waals surface area (Å²) in [6, 6.07) is 0. The zero-order chi connectivity index (χ0) is 12.0. The van der Waals surface area contributed by atoms with Crippen LogP contribution in [0, 0.1) is 5.92 Å². The topological polar surface area (TPSA) is 75.4 Å². The van der Waals surface area contributed by atoms with Gasteiger partial charge in [-0.05, 0) is 12.8 Å². The van der Waals surface area contributed by atoms with E-state index in [4.69, 9.17) is 5.73 Å². The van der Waals surface area contributed by atoms with Crippen molar-refractivity contribution >= 4 is 11.8 Å². The number of likely N-dealkylation sites (tertiary alicyclic amines) is 1. The Morgan fingerprint density at radius 1 is 1.38 bits per heavy atom. The lowest BCUT2D eigenvalue weighted by atomic mass is 10.2. The molecular weight excluding hydrogens is 206 g/mol. The Labute approximate surface area is 96.4 Å². The number of primary amides is 1. The van der Waals surface area contributed by atoms with Crippen LogP contribution in [0.1, 0.15) is 26.2 Å². The molecule has 1 aliphatic heterocycles. The summed E-state index contributed by atoms with van der Waals surface area (Å²) < 4.78 is 0. The number of carbonyl (C=O) groups is 2. The van der Waals surface area contributed by atoms with E-state index in [1.807, 2.05) is 4.90 Å². The highest BCUT2D eigenvalue weighted by molar-refractivity contribution is 5.77. The standard InChI is InChI=1S/C11H21N3O2/c1-9(11(12)16)8-13-5-4-10(15)14-6-2-3-7-14/h9,13H,2-8H2,1H3,(H2,12,16). The number of amides is 2. The predicted molar refractivity (Wildman–Crippen MR) is 61.7 cm³/mol. The van der Waals surface area contributed by atoms with E-state index in [2.05, 4.69) is 5.32 Å². The molecule has 3 N–H and O–H groups in total. The van der Waals surface area contributed by atoms with Gasteiger partial charge in [-0.3, -0.25) is 9.59 Å². The van der Waals surface area contributed by atoms with Crippen molar-refractivity contribution in [1.29, 1.82) is 0 Å². The highest BCUT2D eigenvalue weighted by Crippen LogP contribution is 2.08. The van der Waals surface area contributed by atoms with Crippen LogP contribution in [-0.2, 0) is 9.59 Å². The molecule has 1 rings (SSSR count). The first kappa shape index (κ1) is 13.0. The maximum absolute atomic E-state index is 11.6. The highest BCUT2D eigenvalue weighted by atomic mass is 16.2. The first-order valence-corrected chi connectivity index (χ1v) is 5.89. The Balaban J connectivity index is 2.06. The van der Waals surface area contributed by atoms with E-state index < -0.39 is 0 Å². The van der Waals surface area contributed by atoms with Crippen LogP contribution in [-0.4, -0.2) is 42.9 Å². The maximum atomic E-state index is 11.6. The molecule has 2 amide bonds. The summed E-state index contributed by atoms with van der Waals surface area (Å²) in [7, 11) is 0. The van der Waals surface area contributed by atoms with E-state index in [1.165, 1.54) is 0 Å². The monoisotopic (exact) mass is 227 g/mol. The Hall–Kier alpha value is -1.10. The molecule has 1 unspecified atom stereocenters. The number of hydrogen-bond acceptors (Lipinski definition) is 3. The van der Waals surface area contributed by atoms with Crippen LogP contribution in [0.2, 0.25) is 0 Å². The predicted octanol–water partition coefficient (Wildman–Crippen LogP) is -0.290. The van der Waals surface area contributed by atoms with Gasteiger partial charge in [0, 0.05) is 38.5 Å². The van der Waals surface area contributed by atoms with E-state index in [1.54, 1.807) is 6.92 Å². The van der Waals surface area contributed by atoms with Gasteiger partial charge in [0.2, 0.25) is 11.8 Å². The molecule has 1 fully saturated rings. The Morgan fingerprint density at radius 3 is 2.56 bits per heavy atom. The number of nitrogens with two attached hydrogens (primary N) is 1. The first-order valence-electron chi connectivity index (χ1n) is 5.89. The van der Waals surface area contributed by atoms with Crippen molar-refractivity contribution in [3.63, 3.8) is 0 Å². The molecule has 1 atom stereocenters. The molecular formula is C11H21N3O2. The van der Waals surface area contributed by atoms with E-state index in [9.17, 15) is 9.59 Å². The van der Waals surface area contributed by atoms with Crippen molar-refractivity contribution in [2.45, 2.75) is 26.2 Å². The molecule has 1 aliphatic rings. The fraction of sp³-hybridized carbons (Fsp3) is 0.818. The molecule has 0 aliphatic carbocycles. The van der Waals surface area contributed by atoms with Crippen molar-refractivity contribution in [3.05, 3.63) is 0 Å². The van der Waals surface area contributed by atoms with Crippen LogP contribution in [0.15, 0.2) is 0 Å². The van der Waals surface area contributed by atoms with Crippen molar-refractivity contribution in [2.75, 3.05) is 26.2 Å².